The molecule has 2 N–H and O–H groups in total. The van der Waals surface area contributed by atoms with Crippen LogP contribution in [0, 0.1) is 0 Å². The summed E-state index contributed by atoms with van der Waals surface area (Å²) >= 11 is 1.41. The number of nitrogens with one attached hydrogen (secondary N) is 2. The zero-order valence-electron chi connectivity index (χ0n) is 10.5. The maximum absolute atomic E-state index is 11.7. The van der Waals surface area contributed by atoms with Gasteiger partial charge in [-0.3, -0.25) is 4.79 Å². The molecule has 1 unspecified atom stereocenters. The molecule has 0 saturated carbocycles. The van der Waals surface area contributed by atoms with E-state index >= 15 is 0 Å². The second-order valence-corrected chi connectivity index (χ2v) is 5.01. The second kappa shape index (κ2) is 6.08. The third-order valence-electron chi connectivity index (χ3n) is 2.55. The first kappa shape index (κ1) is 13.2. The van der Waals surface area contributed by atoms with E-state index in [2.05, 4.69) is 15.3 Å². The maximum atomic E-state index is 11.7. The number of aromatic amines is 1. The molecule has 1 atom stereocenters. The Hall–Kier alpha value is -1.24. The molecule has 0 spiro atoms. The van der Waals surface area contributed by atoms with Gasteiger partial charge in [-0.05, 0) is 25.3 Å². The number of rotatable bonds is 6. The number of ether oxygens (including phenoxy) is 1. The quantitative estimate of drug-likeness (QED) is 0.832. The molecule has 0 bridgehead atoms. The molecule has 2 heterocycles. The molecule has 98 valence electrons. The van der Waals surface area contributed by atoms with Crippen molar-refractivity contribution in [3.05, 3.63) is 27.6 Å². The summed E-state index contributed by atoms with van der Waals surface area (Å²) in [6.45, 7) is 5.91. The van der Waals surface area contributed by atoms with E-state index in [1.165, 1.54) is 11.3 Å². The first-order chi connectivity index (χ1) is 8.70. The second-order valence-electron chi connectivity index (χ2n) is 4.09. The zero-order chi connectivity index (χ0) is 13.0. The van der Waals surface area contributed by atoms with E-state index < -0.39 is 0 Å². The fourth-order valence-corrected chi connectivity index (χ4v) is 2.36. The average Bonchev–Trinajstić information content (AvgIpc) is 2.82. The Kier molecular flexibility index (Phi) is 4.46. The van der Waals surface area contributed by atoms with Crippen LogP contribution in [0.25, 0.3) is 10.2 Å². The van der Waals surface area contributed by atoms with Crippen molar-refractivity contribution in [3.63, 3.8) is 0 Å². The Bertz CT molecular complexity index is 564. The molecule has 0 aromatic carbocycles. The molecule has 0 amide bonds. The number of hydrogen-bond acceptors (Lipinski definition) is 5. The number of aromatic nitrogens is 2. The smallest absolute Gasteiger partial charge is 0.268 e. The van der Waals surface area contributed by atoms with Gasteiger partial charge in [-0.25, -0.2) is 4.98 Å². The van der Waals surface area contributed by atoms with Gasteiger partial charge in [0.05, 0.1) is 18.7 Å². The number of H-pyrrole nitrogens is 1. The van der Waals surface area contributed by atoms with E-state index in [1.54, 1.807) is 0 Å². The molecule has 0 saturated heterocycles. The van der Waals surface area contributed by atoms with Gasteiger partial charge in [0.2, 0.25) is 0 Å². The summed E-state index contributed by atoms with van der Waals surface area (Å²) in [5.74, 6) is 0.661. The lowest BCUT2D eigenvalue weighted by Gasteiger charge is -2.12. The molecule has 2 rings (SSSR count). The minimum Gasteiger partial charge on any atom is -0.380 e. The van der Waals surface area contributed by atoms with Gasteiger partial charge in [0, 0.05) is 12.6 Å². The van der Waals surface area contributed by atoms with Crippen LogP contribution in [0.15, 0.2) is 16.2 Å². The lowest BCUT2D eigenvalue weighted by Crippen LogP contribution is -2.31. The lowest BCUT2D eigenvalue weighted by atomic mass is 10.3. The molecule has 0 aliphatic rings. The van der Waals surface area contributed by atoms with E-state index in [1.807, 2.05) is 25.3 Å². The summed E-state index contributed by atoms with van der Waals surface area (Å²) < 4.78 is 5.99. The van der Waals surface area contributed by atoms with Crippen molar-refractivity contribution in [3.8, 4) is 0 Å². The Morgan fingerprint density at radius 2 is 2.44 bits per heavy atom. The molecular formula is C12H17N3O2S. The van der Waals surface area contributed by atoms with Gasteiger partial charge >= 0.3 is 0 Å². The van der Waals surface area contributed by atoms with Gasteiger partial charge in [0.25, 0.3) is 5.56 Å². The molecule has 2 aromatic heterocycles. The molecule has 0 aliphatic heterocycles. The summed E-state index contributed by atoms with van der Waals surface area (Å²) in [5.41, 5.74) is 0.697. The van der Waals surface area contributed by atoms with Crippen LogP contribution in [-0.2, 0) is 11.3 Å². The van der Waals surface area contributed by atoms with Gasteiger partial charge in [0.1, 0.15) is 10.5 Å². The molecule has 0 aliphatic carbocycles. The molecule has 18 heavy (non-hydrogen) atoms. The van der Waals surface area contributed by atoms with Crippen LogP contribution in [0.5, 0.6) is 0 Å². The van der Waals surface area contributed by atoms with Crippen molar-refractivity contribution in [2.24, 2.45) is 0 Å². The van der Waals surface area contributed by atoms with Crippen LogP contribution in [0.2, 0.25) is 0 Å². The number of fused-ring (bicyclic) bond motifs is 1. The fraction of sp³-hybridized carbons (Fsp3) is 0.500. The SMILES string of the molecule is CCOCC(C)NCc1nc2ccsc2c(=O)[nH]1. The summed E-state index contributed by atoms with van der Waals surface area (Å²) in [4.78, 5) is 18.9. The molecule has 0 radical (unpaired) electrons. The van der Waals surface area contributed by atoms with Crippen LogP contribution in [0.4, 0.5) is 0 Å². The highest BCUT2D eigenvalue weighted by molar-refractivity contribution is 7.17. The highest BCUT2D eigenvalue weighted by atomic mass is 32.1. The van der Waals surface area contributed by atoms with Gasteiger partial charge in [-0.2, -0.15) is 0 Å². The lowest BCUT2D eigenvalue weighted by molar-refractivity contribution is 0.126. The van der Waals surface area contributed by atoms with E-state index in [9.17, 15) is 4.79 Å². The third kappa shape index (κ3) is 3.16. The van der Waals surface area contributed by atoms with Crippen molar-refractivity contribution < 1.29 is 4.74 Å². The summed E-state index contributed by atoms with van der Waals surface area (Å²) in [6.07, 6.45) is 0. The van der Waals surface area contributed by atoms with Crippen LogP contribution in [0.3, 0.4) is 0 Å². The van der Waals surface area contributed by atoms with Crippen molar-refractivity contribution in [2.45, 2.75) is 26.4 Å². The van der Waals surface area contributed by atoms with Crippen molar-refractivity contribution in [2.75, 3.05) is 13.2 Å². The van der Waals surface area contributed by atoms with E-state index in [0.717, 1.165) is 5.52 Å². The third-order valence-corrected chi connectivity index (χ3v) is 3.46. The van der Waals surface area contributed by atoms with Gasteiger partial charge in [0.15, 0.2) is 0 Å². The summed E-state index contributed by atoms with van der Waals surface area (Å²) in [7, 11) is 0. The Labute approximate surface area is 109 Å². The average molecular weight is 267 g/mol. The maximum Gasteiger partial charge on any atom is 0.268 e. The zero-order valence-corrected chi connectivity index (χ0v) is 11.3. The van der Waals surface area contributed by atoms with E-state index in [-0.39, 0.29) is 11.6 Å². The Morgan fingerprint density at radius 3 is 3.22 bits per heavy atom. The van der Waals surface area contributed by atoms with E-state index in [0.29, 0.717) is 30.3 Å². The largest absolute Gasteiger partial charge is 0.380 e. The highest BCUT2D eigenvalue weighted by Crippen LogP contribution is 2.13. The van der Waals surface area contributed by atoms with Crippen molar-refractivity contribution in [1.82, 2.24) is 15.3 Å². The van der Waals surface area contributed by atoms with Crippen LogP contribution >= 0.6 is 11.3 Å². The molecule has 0 fully saturated rings. The van der Waals surface area contributed by atoms with Gasteiger partial charge in [-0.1, -0.05) is 0 Å². The fourth-order valence-electron chi connectivity index (χ4n) is 1.63. The highest BCUT2D eigenvalue weighted by Gasteiger charge is 2.06. The van der Waals surface area contributed by atoms with Gasteiger partial charge in [-0.15, -0.1) is 11.3 Å². The molecule has 6 heteroatoms. The molecular weight excluding hydrogens is 250 g/mol. The summed E-state index contributed by atoms with van der Waals surface area (Å²) in [6, 6.07) is 2.09. The number of hydrogen-bond donors (Lipinski definition) is 2. The standard InChI is InChI=1S/C12H17N3O2S/c1-3-17-7-8(2)13-6-10-14-9-4-5-18-11(9)12(16)15-10/h4-5,8,13H,3,6-7H2,1-2H3,(H,14,15,16). The Morgan fingerprint density at radius 1 is 1.61 bits per heavy atom. The van der Waals surface area contributed by atoms with Crippen LogP contribution in [-0.4, -0.2) is 29.2 Å². The molecule has 2 aromatic rings. The monoisotopic (exact) mass is 267 g/mol. The normalized spacial score (nSPS) is 13.0. The number of nitrogens with zero attached hydrogens (tertiary/aromatic N) is 1. The number of thiophene rings is 1. The molecule has 5 nitrogen and oxygen atoms in total. The summed E-state index contributed by atoms with van der Waals surface area (Å²) in [5, 5.41) is 5.14. The topological polar surface area (TPSA) is 67.0 Å². The van der Waals surface area contributed by atoms with Crippen LogP contribution < -0.4 is 10.9 Å². The minimum absolute atomic E-state index is 0.0655. The predicted octanol–water partition coefficient (Wildman–Crippen LogP) is 1.50. The first-order valence-corrected chi connectivity index (χ1v) is 6.86. The Balaban J connectivity index is 2.01. The van der Waals surface area contributed by atoms with Crippen molar-refractivity contribution >= 4 is 21.6 Å². The minimum atomic E-state index is -0.0655. The van der Waals surface area contributed by atoms with E-state index in [4.69, 9.17) is 4.74 Å². The van der Waals surface area contributed by atoms with Crippen molar-refractivity contribution in [1.29, 1.82) is 0 Å². The first-order valence-electron chi connectivity index (χ1n) is 5.98. The predicted molar refractivity (Wildman–Crippen MR) is 73.0 cm³/mol. The van der Waals surface area contributed by atoms with Gasteiger partial charge < -0.3 is 15.0 Å². The van der Waals surface area contributed by atoms with Crippen LogP contribution in [0.1, 0.15) is 19.7 Å².